The van der Waals surface area contributed by atoms with E-state index in [1.165, 1.54) is 0 Å². The predicted molar refractivity (Wildman–Crippen MR) is 69.3 cm³/mol. The topological polar surface area (TPSA) is 107 Å². The fraction of sp³-hybridized carbons (Fsp3) is 0.500. The fourth-order valence-corrected chi connectivity index (χ4v) is 1.53. The van der Waals surface area contributed by atoms with Crippen molar-refractivity contribution in [1.82, 2.24) is 20.3 Å². The van der Waals surface area contributed by atoms with E-state index in [0.717, 1.165) is 6.20 Å². The molecule has 1 atom stereocenters. The molecule has 19 heavy (non-hydrogen) atoms. The monoisotopic (exact) mass is 290 g/mol. The third-order valence-corrected chi connectivity index (χ3v) is 2.77. The minimum absolute atomic E-state index is 0.0733. The van der Waals surface area contributed by atoms with Crippen LogP contribution in [0.5, 0.6) is 0 Å². The molecular formula is C10H15ClN4O4. The highest BCUT2D eigenvalue weighted by atomic mass is 35.5. The van der Waals surface area contributed by atoms with Gasteiger partial charge >= 0.3 is 5.69 Å². The van der Waals surface area contributed by atoms with E-state index in [2.05, 4.69) is 10.5 Å². The molecule has 0 aliphatic heterocycles. The van der Waals surface area contributed by atoms with Crippen molar-refractivity contribution >= 4 is 17.5 Å². The van der Waals surface area contributed by atoms with Crippen LogP contribution in [-0.4, -0.2) is 53.4 Å². The maximum Gasteiger partial charge on any atom is 0.325 e. The number of halogens is 1. The third-order valence-electron chi connectivity index (χ3n) is 2.41. The van der Waals surface area contributed by atoms with E-state index < -0.39 is 17.2 Å². The molecule has 1 rings (SSSR count). The van der Waals surface area contributed by atoms with Crippen LogP contribution in [-0.2, 0) is 4.84 Å². The molecule has 0 saturated carbocycles. The quantitative estimate of drug-likeness (QED) is 0.455. The lowest BCUT2D eigenvalue weighted by molar-refractivity contribution is 0.0129. The second kappa shape index (κ2) is 7.07. The molecule has 0 aromatic carbocycles. The summed E-state index contributed by atoms with van der Waals surface area (Å²) in [6.07, 6.45) is 1.02. The Morgan fingerprint density at radius 2 is 2.21 bits per heavy atom. The van der Waals surface area contributed by atoms with Crippen molar-refractivity contribution in [1.29, 1.82) is 0 Å². The number of aromatic amines is 2. The Kier molecular flexibility index (Phi) is 5.74. The van der Waals surface area contributed by atoms with Crippen LogP contribution in [0.2, 0.25) is 0 Å². The zero-order chi connectivity index (χ0) is 14.4. The van der Waals surface area contributed by atoms with Crippen LogP contribution in [0.15, 0.2) is 15.8 Å². The van der Waals surface area contributed by atoms with Gasteiger partial charge in [-0.05, 0) is 14.1 Å². The molecule has 0 aliphatic carbocycles. The Morgan fingerprint density at radius 1 is 1.53 bits per heavy atom. The number of hydrogen-bond acceptors (Lipinski definition) is 5. The Bertz CT molecular complexity index is 539. The molecule has 0 fully saturated rings. The van der Waals surface area contributed by atoms with Crippen molar-refractivity contribution in [3.63, 3.8) is 0 Å². The Hall–Kier alpha value is -1.64. The molecule has 1 aromatic heterocycles. The van der Waals surface area contributed by atoms with Crippen LogP contribution in [0.4, 0.5) is 0 Å². The third kappa shape index (κ3) is 4.51. The molecule has 1 amide bonds. The molecule has 1 heterocycles. The molecule has 0 radical (unpaired) electrons. The second-order valence-electron chi connectivity index (χ2n) is 4.00. The van der Waals surface area contributed by atoms with Crippen LogP contribution in [0.3, 0.4) is 0 Å². The smallest absolute Gasteiger partial charge is 0.313 e. The first-order valence-corrected chi connectivity index (χ1v) is 5.95. The molecule has 0 bridgehead atoms. The number of hydrogen-bond donors (Lipinski definition) is 3. The van der Waals surface area contributed by atoms with Gasteiger partial charge in [0.1, 0.15) is 5.56 Å². The highest BCUT2D eigenvalue weighted by Gasteiger charge is 2.14. The Morgan fingerprint density at radius 3 is 2.74 bits per heavy atom. The van der Waals surface area contributed by atoms with E-state index in [1.807, 2.05) is 24.0 Å². The molecule has 9 heteroatoms. The lowest BCUT2D eigenvalue weighted by Crippen LogP contribution is -2.39. The molecule has 8 nitrogen and oxygen atoms in total. The van der Waals surface area contributed by atoms with Gasteiger partial charge in [0.25, 0.3) is 11.5 Å². The molecule has 1 unspecified atom stereocenters. The molecule has 106 valence electrons. The average Bonchev–Trinajstić information content (AvgIpc) is 2.33. The lowest BCUT2D eigenvalue weighted by atomic mass is 10.3. The number of H-pyrrole nitrogens is 2. The van der Waals surface area contributed by atoms with E-state index in [-0.39, 0.29) is 18.2 Å². The van der Waals surface area contributed by atoms with Gasteiger partial charge in [0.15, 0.2) is 0 Å². The van der Waals surface area contributed by atoms with Crippen molar-refractivity contribution in [2.45, 2.75) is 6.04 Å². The van der Waals surface area contributed by atoms with Gasteiger partial charge in [-0.3, -0.25) is 19.4 Å². The number of aromatic nitrogens is 2. The highest BCUT2D eigenvalue weighted by molar-refractivity contribution is 6.18. The van der Waals surface area contributed by atoms with Gasteiger partial charge in [-0.15, -0.1) is 11.6 Å². The summed E-state index contributed by atoms with van der Waals surface area (Å²) in [6, 6.07) is -0.0733. The summed E-state index contributed by atoms with van der Waals surface area (Å²) >= 11 is 5.71. The van der Waals surface area contributed by atoms with E-state index in [4.69, 9.17) is 16.4 Å². The van der Waals surface area contributed by atoms with Crippen LogP contribution in [0.25, 0.3) is 0 Å². The first kappa shape index (κ1) is 15.4. The van der Waals surface area contributed by atoms with Gasteiger partial charge in [-0.2, -0.15) is 0 Å². The van der Waals surface area contributed by atoms with E-state index in [1.54, 1.807) is 0 Å². The predicted octanol–water partition coefficient (Wildman–Crippen LogP) is -1.11. The summed E-state index contributed by atoms with van der Waals surface area (Å²) in [5.41, 5.74) is 0.400. The van der Waals surface area contributed by atoms with Crippen LogP contribution < -0.4 is 16.7 Å². The number of alkyl halides is 1. The van der Waals surface area contributed by atoms with Gasteiger partial charge in [-0.1, -0.05) is 0 Å². The SMILES string of the molecule is CN(C)C(CCl)CONC(=O)c1c[nH]c(=O)[nH]c1=O. The van der Waals surface area contributed by atoms with Crippen molar-refractivity contribution in [2.75, 3.05) is 26.6 Å². The zero-order valence-electron chi connectivity index (χ0n) is 10.5. The number of hydroxylamine groups is 1. The summed E-state index contributed by atoms with van der Waals surface area (Å²) in [5.74, 6) is -0.410. The minimum atomic E-state index is -0.786. The normalized spacial score (nSPS) is 12.4. The van der Waals surface area contributed by atoms with Gasteiger partial charge in [0.2, 0.25) is 0 Å². The van der Waals surface area contributed by atoms with Crippen LogP contribution in [0.1, 0.15) is 10.4 Å². The molecule has 0 saturated heterocycles. The van der Waals surface area contributed by atoms with Crippen molar-refractivity contribution in [3.8, 4) is 0 Å². The number of carbonyl (C=O) groups excluding carboxylic acids is 1. The average molecular weight is 291 g/mol. The molecule has 0 aliphatic rings. The maximum atomic E-state index is 11.6. The molecule has 1 aromatic rings. The molecular weight excluding hydrogens is 276 g/mol. The fourth-order valence-electron chi connectivity index (χ4n) is 1.17. The zero-order valence-corrected chi connectivity index (χ0v) is 11.3. The lowest BCUT2D eigenvalue weighted by Gasteiger charge is -2.21. The van der Waals surface area contributed by atoms with Crippen molar-refractivity contribution in [2.24, 2.45) is 0 Å². The van der Waals surface area contributed by atoms with Gasteiger partial charge < -0.3 is 9.88 Å². The van der Waals surface area contributed by atoms with Crippen LogP contribution >= 0.6 is 11.6 Å². The van der Waals surface area contributed by atoms with Crippen LogP contribution in [0, 0.1) is 0 Å². The summed E-state index contributed by atoms with van der Waals surface area (Å²) in [4.78, 5) is 44.6. The molecule has 0 spiro atoms. The first-order valence-electron chi connectivity index (χ1n) is 5.42. The largest absolute Gasteiger partial charge is 0.325 e. The number of likely N-dealkylation sites (N-methyl/N-ethyl adjacent to an activating group) is 1. The summed E-state index contributed by atoms with van der Waals surface area (Å²) < 4.78 is 0. The summed E-state index contributed by atoms with van der Waals surface area (Å²) in [6.45, 7) is 0.170. The van der Waals surface area contributed by atoms with Gasteiger partial charge in [0.05, 0.1) is 6.61 Å². The van der Waals surface area contributed by atoms with E-state index in [0.29, 0.717) is 5.88 Å². The maximum absolute atomic E-state index is 11.6. The highest BCUT2D eigenvalue weighted by Crippen LogP contribution is 1.96. The number of rotatable bonds is 6. The number of nitrogens with zero attached hydrogens (tertiary/aromatic N) is 1. The Labute approximate surface area is 113 Å². The second-order valence-corrected chi connectivity index (χ2v) is 4.31. The number of carbonyl (C=O) groups is 1. The van der Waals surface area contributed by atoms with Gasteiger partial charge in [-0.25, -0.2) is 10.3 Å². The summed E-state index contributed by atoms with van der Waals surface area (Å²) in [5, 5.41) is 0. The first-order chi connectivity index (χ1) is 8.95. The molecule has 3 N–H and O–H groups in total. The van der Waals surface area contributed by atoms with E-state index in [9.17, 15) is 14.4 Å². The Balaban J connectivity index is 2.56. The van der Waals surface area contributed by atoms with E-state index >= 15 is 0 Å². The minimum Gasteiger partial charge on any atom is -0.313 e. The number of amides is 1. The van der Waals surface area contributed by atoms with Crippen molar-refractivity contribution in [3.05, 3.63) is 32.6 Å². The van der Waals surface area contributed by atoms with Gasteiger partial charge in [0, 0.05) is 18.1 Å². The van der Waals surface area contributed by atoms with Crippen molar-refractivity contribution < 1.29 is 9.63 Å². The number of nitrogens with one attached hydrogen (secondary N) is 3. The standard InChI is InChI=1S/C10H15ClN4O4/c1-15(2)6(3-11)5-19-14-9(17)7-4-12-10(18)13-8(7)16/h4,6H,3,5H2,1-2H3,(H,14,17)(H2,12,13,16,18). The summed E-state index contributed by atoms with van der Waals surface area (Å²) in [7, 11) is 3.65.